The number of hydrogen-bond acceptors (Lipinski definition) is 3. The first-order chi connectivity index (χ1) is 9.23. The SMILES string of the molecule is COC1CCCC(O)(c2cccc3ccncc23)C1. The maximum Gasteiger partial charge on any atom is 0.0927 e. The molecule has 1 heterocycles. The topological polar surface area (TPSA) is 42.4 Å². The van der Waals surface area contributed by atoms with Gasteiger partial charge in [0, 0.05) is 31.3 Å². The number of aromatic nitrogens is 1. The minimum Gasteiger partial charge on any atom is -0.385 e. The summed E-state index contributed by atoms with van der Waals surface area (Å²) < 4.78 is 5.44. The molecule has 0 aliphatic heterocycles. The van der Waals surface area contributed by atoms with Crippen LogP contribution in [0.5, 0.6) is 0 Å². The van der Waals surface area contributed by atoms with E-state index in [-0.39, 0.29) is 6.10 Å². The third kappa shape index (κ3) is 2.24. The predicted molar refractivity (Wildman–Crippen MR) is 74.9 cm³/mol. The Morgan fingerprint density at radius 2 is 2.26 bits per heavy atom. The second-order valence-corrected chi connectivity index (χ2v) is 5.39. The van der Waals surface area contributed by atoms with Gasteiger partial charge in [0.2, 0.25) is 0 Å². The summed E-state index contributed by atoms with van der Waals surface area (Å²) >= 11 is 0. The Morgan fingerprint density at radius 1 is 1.37 bits per heavy atom. The second-order valence-electron chi connectivity index (χ2n) is 5.39. The van der Waals surface area contributed by atoms with Crippen molar-refractivity contribution in [1.29, 1.82) is 0 Å². The molecule has 0 saturated heterocycles. The molecule has 1 aliphatic rings. The van der Waals surface area contributed by atoms with Crippen LogP contribution < -0.4 is 0 Å². The average Bonchev–Trinajstić information content (AvgIpc) is 2.46. The molecule has 1 saturated carbocycles. The summed E-state index contributed by atoms with van der Waals surface area (Å²) in [5.41, 5.74) is 0.196. The zero-order valence-corrected chi connectivity index (χ0v) is 11.2. The minimum absolute atomic E-state index is 0.144. The fourth-order valence-electron chi connectivity index (χ4n) is 3.17. The fraction of sp³-hybridized carbons (Fsp3) is 0.438. The molecule has 1 fully saturated rings. The molecule has 2 unspecified atom stereocenters. The van der Waals surface area contributed by atoms with E-state index in [4.69, 9.17) is 4.74 Å². The van der Waals surface area contributed by atoms with Crippen LogP contribution in [0.3, 0.4) is 0 Å². The molecule has 1 aromatic carbocycles. The molecular weight excluding hydrogens is 238 g/mol. The molecule has 100 valence electrons. The van der Waals surface area contributed by atoms with E-state index in [2.05, 4.69) is 11.1 Å². The maximum atomic E-state index is 11.0. The van der Waals surface area contributed by atoms with Crippen LogP contribution in [0.4, 0.5) is 0 Å². The Balaban J connectivity index is 2.07. The lowest BCUT2D eigenvalue weighted by Crippen LogP contribution is -2.36. The maximum absolute atomic E-state index is 11.0. The van der Waals surface area contributed by atoms with Crippen LogP contribution in [-0.4, -0.2) is 23.3 Å². The van der Waals surface area contributed by atoms with E-state index < -0.39 is 5.60 Å². The Hall–Kier alpha value is -1.45. The van der Waals surface area contributed by atoms with E-state index >= 15 is 0 Å². The number of benzene rings is 1. The van der Waals surface area contributed by atoms with Crippen LogP contribution in [-0.2, 0) is 10.3 Å². The number of pyridine rings is 1. The molecule has 1 N–H and O–H groups in total. The molecule has 3 rings (SSSR count). The van der Waals surface area contributed by atoms with Crippen LogP contribution in [0, 0.1) is 0 Å². The third-order valence-corrected chi connectivity index (χ3v) is 4.20. The van der Waals surface area contributed by atoms with Crippen molar-refractivity contribution < 1.29 is 9.84 Å². The number of rotatable bonds is 2. The van der Waals surface area contributed by atoms with Crippen molar-refractivity contribution in [2.75, 3.05) is 7.11 Å². The van der Waals surface area contributed by atoms with E-state index in [0.29, 0.717) is 6.42 Å². The van der Waals surface area contributed by atoms with Gasteiger partial charge in [-0.25, -0.2) is 0 Å². The number of ether oxygens (including phenoxy) is 1. The molecule has 3 nitrogen and oxygen atoms in total. The van der Waals surface area contributed by atoms with Crippen molar-refractivity contribution in [2.45, 2.75) is 37.4 Å². The van der Waals surface area contributed by atoms with Crippen molar-refractivity contribution >= 4 is 10.8 Å². The van der Waals surface area contributed by atoms with Crippen LogP contribution in [0.1, 0.15) is 31.2 Å². The molecule has 3 heteroatoms. The van der Waals surface area contributed by atoms with Gasteiger partial charge < -0.3 is 9.84 Å². The summed E-state index contributed by atoms with van der Waals surface area (Å²) in [4.78, 5) is 4.20. The van der Waals surface area contributed by atoms with Crippen molar-refractivity contribution in [3.8, 4) is 0 Å². The monoisotopic (exact) mass is 257 g/mol. The highest BCUT2D eigenvalue weighted by Crippen LogP contribution is 2.40. The first kappa shape index (κ1) is 12.6. The first-order valence-electron chi connectivity index (χ1n) is 6.81. The second kappa shape index (κ2) is 4.91. The van der Waals surface area contributed by atoms with Crippen LogP contribution in [0.25, 0.3) is 10.8 Å². The Bertz CT molecular complexity index is 578. The average molecular weight is 257 g/mol. The van der Waals surface area contributed by atoms with E-state index in [9.17, 15) is 5.11 Å². The van der Waals surface area contributed by atoms with Gasteiger partial charge in [0.1, 0.15) is 0 Å². The van der Waals surface area contributed by atoms with Crippen LogP contribution >= 0.6 is 0 Å². The largest absolute Gasteiger partial charge is 0.385 e. The summed E-state index contributed by atoms with van der Waals surface area (Å²) in [6, 6.07) is 8.06. The molecule has 0 bridgehead atoms. The smallest absolute Gasteiger partial charge is 0.0927 e. The molecule has 0 spiro atoms. The summed E-state index contributed by atoms with van der Waals surface area (Å²) in [7, 11) is 1.72. The lowest BCUT2D eigenvalue weighted by atomic mass is 9.77. The van der Waals surface area contributed by atoms with E-state index in [0.717, 1.165) is 35.6 Å². The van der Waals surface area contributed by atoms with Gasteiger partial charge in [-0.3, -0.25) is 4.98 Å². The molecular formula is C16H19NO2. The lowest BCUT2D eigenvalue weighted by Gasteiger charge is -2.37. The zero-order valence-electron chi connectivity index (χ0n) is 11.2. The summed E-state index contributed by atoms with van der Waals surface area (Å²) in [5, 5.41) is 13.2. The van der Waals surface area contributed by atoms with Crippen molar-refractivity contribution in [2.24, 2.45) is 0 Å². The highest BCUT2D eigenvalue weighted by molar-refractivity contribution is 5.85. The molecule has 1 aliphatic carbocycles. The van der Waals surface area contributed by atoms with Crippen molar-refractivity contribution in [3.05, 3.63) is 42.2 Å². The lowest BCUT2D eigenvalue weighted by molar-refractivity contribution is -0.0622. The van der Waals surface area contributed by atoms with Gasteiger partial charge in [-0.15, -0.1) is 0 Å². The van der Waals surface area contributed by atoms with Crippen molar-refractivity contribution in [3.63, 3.8) is 0 Å². The van der Waals surface area contributed by atoms with Gasteiger partial charge in [-0.05, 0) is 36.3 Å². The van der Waals surface area contributed by atoms with Gasteiger partial charge in [-0.1, -0.05) is 18.2 Å². The molecule has 0 radical (unpaired) electrons. The molecule has 19 heavy (non-hydrogen) atoms. The number of fused-ring (bicyclic) bond motifs is 1. The van der Waals surface area contributed by atoms with Gasteiger partial charge in [0.25, 0.3) is 0 Å². The molecule has 0 amide bonds. The number of methoxy groups -OCH3 is 1. The highest BCUT2D eigenvalue weighted by atomic mass is 16.5. The predicted octanol–water partition coefficient (Wildman–Crippen LogP) is 3.01. The van der Waals surface area contributed by atoms with E-state index in [1.807, 2.05) is 24.4 Å². The Morgan fingerprint density at radius 3 is 3.11 bits per heavy atom. The quantitative estimate of drug-likeness (QED) is 0.899. The van der Waals surface area contributed by atoms with Gasteiger partial charge in [0.05, 0.1) is 11.7 Å². The molecule has 2 aromatic rings. The number of aliphatic hydroxyl groups is 1. The fourth-order valence-corrected chi connectivity index (χ4v) is 3.17. The normalized spacial score (nSPS) is 27.6. The van der Waals surface area contributed by atoms with Crippen LogP contribution in [0.2, 0.25) is 0 Å². The van der Waals surface area contributed by atoms with Gasteiger partial charge >= 0.3 is 0 Å². The standard InChI is InChI=1S/C16H19NO2/c1-19-13-5-3-8-16(18,10-13)15-6-2-4-12-7-9-17-11-14(12)15/h2,4,6-7,9,11,13,18H,3,5,8,10H2,1H3. The third-order valence-electron chi connectivity index (χ3n) is 4.20. The zero-order chi connectivity index (χ0) is 13.3. The summed E-state index contributed by atoms with van der Waals surface area (Å²) in [5.74, 6) is 0. The van der Waals surface area contributed by atoms with Crippen LogP contribution in [0.15, 0.2) is 36.7 Å². The molecule has 2 atom stereocenters. The van der Waals surface area contributed by atoms with Gasteiger partial charge in [0.15, 0.2) is 0 Å². The Labute approximate surface area is 113 Å². The number of hydrogen-bond donors (Lipinski definition) is 1. The first-order valence-corrected chi connectivity index (χ1v) is 6.81. The highest BCUT2D eigenvalue weighted by Gasteiger charge is 2.37. The summed E-state index contributed by atoms with van der Waals surface area (Å²) in [6.45, 7) is 0. The van der Waals surface area contributed by atoms with Crippen molar-refractivity contribution in [1.82, 2.24) is 4.98 Å². The van der Waals surface area contributed by atoms with E-state index in [1.54, 1.807) is 13.3 Å². The van der Waals surface area contributed by atoms with E-state index in [1.165, 1.54) is 0 Å². The Kier molecular flexibility index (Phi) is 3.25. The molecule has 1 aromatic heterocycles. The summed E-state index contributed by atoms with van der Waals surface area (Å²) in [6.07, 6.45) is 7.26. The van der Waals surface area contributed by atoms with Gasteiger partial charge in [-0.2, -0.15) is 0 Å². The minimum atomic E-state index is -0.790. The number of nitrogens with zero attached hydrogens (tertiary/aromatic N) is 1.